The molecule has 1 atom stereocenters. The lowest BCUT2D eigenvalue weighted by molar-refractivity contribution is -0.144. The van der Waals surface area contributed by atoms with E-state index in [4.69, 9.17) is 5.11 Å². The van der Waals surface area contributed by atoms with E-state index < -0.39 is 5.97 Å². The molecule has 0 saturated carbocycles. The van der Waals surface area contributed by atoms with Crippen LogP contribution in [0.25, 0.3) is 0 Å². The van der Waals surface area contributed by atoms with Crippen LogP contribution in [0, 0.1) is 5.92 Å². The molecule has 0 saturated heterocycles. The molecular weight excluding hydrogens is 198 g/mol. The minimum Gasteiger partial charge on any atom is -0.481 e. The highest BCUT2D eigenvalue weighted by Gasteiger charge is 2.21. The van der Waals surface area contributed by atoms with Crippen molar-refractivity contribution in [2.75, 3.05) is 13.7 Å². The second-order valence-corrected chi connectivity index (χ2v) is 3.70. The lowest BCUT2D eigenvalue weighted by Crippen LogP contribution is -2.42. The molecule has 0 aromatic heterocycles. The summed E-state index contributed by atoms with van der Waals surface area (Å²) in [6.45, 7) is 4.32. The van der Waals surface area contributed by atoms with Crippen LogP contribution in [-0.4, -0.2) is 36.7 Å². The monoisotopic (exact) mass is 217 g/mol. The zero-order valence-electron chi connectivity index (χ0n) is 9.45. The van der Waals surface area contributed by atoms with Crippen LogP contribution in [0.3, 0.4) is 0 Å². The Kier molecular flexibility index (Phi) is 6.70. The van der Waals surface area contributed by atoms with Gasteiger partial charge in [-0.15, -0.1) is 0 Å². The maximum Gasteiger partial charge on any atom is 0.323 e. The highest BCUT2D eigenvalue weighted by Crippen LogP contribution is 2.03. The summed E-state index contributed by atoms with van der Waals surface area (Å²) in [6, 6.07) is -0.358. The number of hydrogen-bond donors (Lipinski definition) is 2. The average Bonchev–Trinajstić information content (AvgIpc) is 2.15. The van der Waals surface area contributed by atoms with Crippen LogP contribution < -0.4 is 5.32 Å². The number of rotatable bonds is 7. The molecule has 1 unspecified atom stereocenters. The van der Waals surface area contributed by atoms with Gasteiger partial charge in [0.25, 0.3) is 0 Å². The van der Waals surface area contributed by atoms with Crippen LogP contribution in [-0.2, 0) is 14.3 Å². The largest absolute Gasteiger partial charge is 0.481 e. The SMILES string of the molecule is COC(=O)C(NCCCC(=O)O)C(C)C. The molecule has 0 rings (SSSR count). The molecule has 0 aromatic rings. The van der Waals surface area contributed by atoms with Gasteiger partial charge in [0, 0.05) is 6.42 Å². The molecule has 0 aliphatic rings. The molecule has 0 spiro atoms. The van der Waals surface area contributed by atoms with E-state index in [1.165, 1.54) is 7.11 Å². The number of aliphatic carboxylic acids is 1. The summed E-state index contributed by atoms with van der Waals surface area (Å²) in [5, 5.41) is 11.4. The van der Waals surface area contributed by atoms with Crippen molar-refractivity contribution >= 4 is 11.9 Å². The third kappa shape index (κ3) is 6.06. The summed E-state index contributed by atoms with van der Waals surface area (Å²) in [6.07, 6.45) is 0.620. The van der Waals surface area contributed by atoms with Crippen LogP contribution >= 0.6 is 0 Å². The van der Waals surface area contributed by atoms with E-state index in [9.17, 15) is 9.59 Å². The summed E-state index contributed by atoms with van der Waals surface area (Å²) >= 11 is 0. The molecule has 88 valence electrons. The summed E-state index contributed by atoms with van der Waals surface area (Å²) in [5.41, 5.74) is 0. The standard InChI is InChI=1S/C10H19NO4/c1-7(2)9(10(14)15-3)11-6-4-5-8(12)13/h7,9,11H,4-6H2,1-3H3,(H,12,13). The Morgan fingerprint density at radius 3 is 2.40 bits per heavy atom. The topological polar surface area (TPSA) is 75.6 Å². The average molecular weight is 217 g/mol. The molecule has 2 N–H and O–H groups in total. The van der Waals surface area contributed by atoms with E-state index >= 15 is 0 Å². The maximum atomic E-state index is 11.3. The van der Waals surface area contributed by atoms with Crippen LogP contribution in [0.5, 0.6) is 0 Å². The first kappa shape index (κ1) is 13.9. The molecular formula is C10H19NO4. The van der Waals surface area contributed by atoms with E-state index in [0.29, 0.717) is 13.0 Å². The Labute approximate surface area is 89.8 Å². The van der Waals surface area contributed by atoms with Crippen molar-refractivity contribution in [3.8, 4) is 0 Å². The third-order valence-corrected chi connectivity index (χ3v) is 2.05. The van der Waals surface area contributed by atoms with Crippen LogP contribution in [0.15, 0.2) is 0 Å². The zero-order valence-corrected chi connectivity index (χ0v) is 9.45. The zero-order chi connectivity index (χ0) is 11.8. The number of nitrogens with one attached hydrogen (secondary N) is 1. The van der Waals surface area contributed by atoms with Gasteiger partial charge in [-0.05, 0) is 18.9 Å². The highest BCUT2D eigenvalue weighted by atomic mass is 16.5. The number of carbonyl (C=O) groups is 2. The summed E-state index contributed by atoms with van der Waals surface area (Å²) in [4.78, 5) is 21.5. The normalized spacial score (nSPS) is 12.5. The van der Waals surface area contributed by atoms with Crippen molar-refractivity contribution < 1.29 is 19.4 Å². The fraction of sp³-hybridized carbons (Fsp3) is 0.800. The number of carbonyl (C=O) groups excluding carboxylic acids is 1. The second-order valence-electron chi connectivity index (χ2n) is 3.70. The molecule has 0 aliphatic carbocycles. The number of ether oxygens (including phenoxy) is 1. The van der Waals surface area contributed by atoms with Crippen molar-refractivity contribution in [1.29, 1.82) is 0 Å². The van der Waals surface area contributed by atoms with Crippen molar-refractivity contribution in [3.05, 3.63) is 0 Å². The summed E-state index contributed by atoms with van der Waals surface area (Å²) in [5.74, 6) is -1.00. The molecule has 0 bridgehead atoms. The lowest BCUT2D eigenvalue weighted by Gasteiger charge is -2.19. The van der Waals surface area contributed by atoms with Crippen LogP contribution in [0.4, 0.5) is 0 Å². The van der Waals surface area contributed by atoms with Gasteiger partial charge in [0.1, 0.15) is 6.04 Å². The predicted octanol–water partition coefficient (Wildman–Crippen LogP) is 0.638. The number of methoxy groups -OCH3 is 1. The van der Waals surface area contributed by atoms with Gasteiger partial charge in [-0.25, -0.2) is 0 Å². The second kappa shape index (κ2) is 7.23. The van der Waals surface area contributed by atoms with Gasteiger partial charge in [0.05, 0.1) is 7.11 Å². The number of carboxylic acids is 1. The summed E-state index contributed by atoms with van der Waals surface area (Å²) < 4.78 is 4.63. The van der Waals surface area contributed by atoms with Crippen molar-refractivity contribution in [2.24, 2.45) is 5.92 Å². The Morgan fingerprint density at radius 2 is 2.00 bits per heavy atom. The third-order valence-electron chi connectivity index (χ3n) is 2.05. The molecule has 0 heterocycles. The van der Waals surface area contributed by atoms with Gasteiger partial charge >= 0.3 is 11.9 Å². The molecule has 0 fully saturated rings. The first-order valence-electron chi connectivity index (χ1n) is 5.02. The maximum absolute atomic E-state index is 11.3. The number of esters is 1. The molecule has 5 heteroatoms. The minimum absolute atomic E-state index is 0.110. The Balaban J connectivity index is 3.87. The minimum atomic E-state index is -0.823. The molecule has 0 aliphatic heterocycles. The van der Waals surface area contributed by atoms with Crippen molar-refractivity contribution in [1.82, 2.24) is 5.32 Å². The number of hydrogen-bond acceptors (Lipinski definition) is 4. The Morgan fingerprint density at radius 1 is 1.40 bits per heavy atom. The van der Waals surface area contributed by atoms with E-state index in [0.717, 1.165) is 0 Å². The number of carboxylic acid groups (broad SMARTS) is 1. The summed E-state index contributed by atoms with van der Waals surface area (Å²) in [7, 11) is 1.34. The first-order chi connectivity index (χ1) is 6.99. The van der Waals surface area contributed by atoms with Gasteiger partial charge < -0.3 is 15.2 Å². The van der Waals surface area contributed by atoms with Crippen LogP contribution in [0.2, 0.25) is 0 Å². The van der Waals surface area contributed by atoms with E-state index in [1.807, 2.05) is 13.8 Å². The Hall–Kier alpha value is -1.10. The van der Waals surface area contributed by atoms with Gasteiger partial charge in [0.2, 0.25) is 0 Å². The van der Waals surface area contributed by atoms with Crippen LogP contribution in [0.1, 0.15) is 26.7 Å². The molecule has 0 amide bonds. The van der Waals surface area contributed by atoms with E-state index in [2.05, 4.69) is 10.1 Å². The molecule has 5 nitrogen and oxygen atoms in total. The molecule has 0 radical (unpaired) electrons. The quantitative estimate of drug-likeness (QED) is 0.483. The highest BCUT2D eigenvalue weighted by molar-refractivity contribution is 5.75. The fourth-order valence-corrected chi connectivity index (χ4v) is 1.22. The molecule has 15 heavy (non-hydrogen) atoms. The van der Waals surface area contributed by atoms with Crippen molar-refractivity contribution in [3.63, 3.8) is 0 Å². The van der Waals surface area contributed by atoms with Crippen molar-refractivity contribution in [2.45, 2.75) is 32.7 Å². The van der Waals surface area contributed by atoms with E-state index in [1.54, 1.807) is 0 Å². The Bertz CT molecular complexity index is 215. The predicted molar refractivity (Wildman–Crippen MR) is 55.5 cm³/mol. The van der Waals surface area contributed by atoms with Gasteiger partial charge in [-0.1, -0.05) is 13.8 Å². The van der Waals surface area contributed by atoms with Gasteiger partial charge in [-0.3, -0.25) is 9.59 Å². The first-order valence-corrected chi connectivity index (χ1v) is 5.02. The van der Waals surface area contributed by atoms with E-state index in [-0.39, 0.29) is 24.3 Å². The molecule has 0 aromatic carbocycles. The smallest absolute Gasteiger partial charge is 0.323 e. The van der Waals surface area contributed by atoms with Gasteiger partial charge in [-0.2, -0.15) is 0 Å². The fourth-order valence-electron chi connectivity index (χ4n) is 1.22. The lowest BCUT2D eigenvalue weighted by atomic mass is 10.0. The van der Waals surface area contributed by atoms with Gasteiger partial charge in [0.15, 0.2) is 0 Å².